The van der Waals surface area contributed by atoms with Crippen LogP contribution in [-0.2, 0) is 0 Å². The minimum absolute atomic E-state index is 0.0222. The van der Waals surface area contributed by atoms with Crippen molar-refractivity contribution in [2.24, 2.45) is 5.92 Å². The Morgan fingerprint density at radius 2 is 2.00 bits per heavy atom. The predicted molar refractivity (Wildman–Crippen MR) is 42.9 cm³/mol. The lowest BCUT2D eigenvalue weighted by Gasteiger charge is -2.13. The van der Waals surface area contributed by atoms with Gasteiger partial charge in [-0.15, -0.1) is 0 Å². The molecule has 0 heterocycles. The summed E-state index contributed by atoms with van der Waals surface area (Å²) in [5.74, 6) is 0.661. The third-order valence-corrected chi connectivity index (χ3v) is 1.74. The number of hydrogen-bond acceptors (Lipinski definition) is 1. The molecule has 0 bridgehead atoms. The summed E-state index contributed by atoms with van der Waals surface area (Å²) in [6.07, 6.45) is 1.16. The largest absolute Gasteiger partial charge is 0.311 e. The van der Waals surface area contributed by atoms with E-state index in [0.717, 1.165) is 13.0 Å². The van der Waals surface area contributed by atoms with Crippen LogP contribution in [0.5, 0.6) is 0 Å². The molecule has 62 valence electrons. The minimum Gasteiger partial charge on any atom is -0.311 e. The van der Waals surface area contributed by atoms with E-state index in [9.17, 15) is 4.39 Å². The first-order chi connectivity index (χ1) is 4.70. The molecule has 0 saturated carbocycles. The average Bonchev–Trinajstić information content (AvgIpc) is 1.99. The summed E-state index contributed by atoms with van der Waals surface area (Å²) in [6.45, 7) is 6.84. The molecular formula is C8H18FN. The second-order valence-electron chi connectivity index (χ2n) is 2.98. The Morgan fingerprint density at radius 3 is 2.40 bits per heavy atom. The monoisotopic (exact) mass is 147 g/mol. The summed E-state index contributed by atoms with van der Waals surface area (Å²) in [4.78, 5) is 0. The van der Waals surface area contributed by atoms with Gasteiger partial charge in [-0.3, -0.25) is 0 Å². The Morgan fingerprint density at radius 1 is 1.40 bits per heavy atom. The van der Waals surface area contributed by atoms with E-state index in [0.29, 0.717) is 5.92 Å². The van der Waals surface area contributed by atoms with Crippen LogP contribution in [-0.4, -0.2) is 19.3 Å². The molecule has 0 saturated heterocycles. The first-order valence-corrected chi connectivity index (χ1v) is 4.00. The average molecular weight is 147 g/mol. The maximum absolute atomic E-state index is 11.9. The number of rotatable bonds is 5. The molecule has 0 aromatic rings. The van der Waals surface area contributed by atoms with Crippen molar-refractivity contribution < 1.29 is 4.39 Å². The second-order valence-corrected chi connectivity index (χ2v) is 2.98. The number of hydrogen-bond donors (Lipinski definition) is 1. The van der Waals surface area contributed by atoms with Crippen LogP contribution in [0, 0.1) is 5.92 Å². The highest BCUT2D eigenvalue weighted by Crippen LogP contribution is 1.97. The highest BCUT2D eigenvalue weighted by Gasteiger charge is 2.01. The van der Waals surface area contributed by atoms with E-state index in [1.165, 1.54) is 0 Å². The molecule has 2 unspecified atom stereocenters. The van der Waals surface area contributed by atoms with Gasteiger partial charge in [-0.05, 0) is 19.4 Å². The standard InChI is InChI=1S/C8H18FN/c1-4-7(2)6-10-8(3)5-9/h7-8,10H,4-6H2,1-3H3. The van der Waals surface area contributed by atoms with Crippen molar-refractivity contribution in [1.82, 2.24) is 5.32 Å². The smallest absolute Gasteiger partial charge is 0.104 e. The quantitative estimate of drug-likeness (QED) is 0.627. The molecule has 0 aliphatic rings. The van der Waals surface area contributed by atoms with Crippen LogP contribution in [0.2, 0.25) is 0 Å². The van der Waals surface area contributed by atoms with Crippen LogP contribution >= 0.6 is 0 Å². The van der Waals surface area contributed by atoms with Crippen molar-refractivity contribution in [3.05, 3.63) is 0 Å². The van der Waals surface area contributed by atoms with Crippen molar-refractivity contribution in [3.8, 4) is 0 Å². The summed E-state index contributed by atoms with van der Waals surface area (Å²) in [5, 5.41) is 3.11. The Balaban J connectivity index is 3.17. The molecule has 0 fully saturated rings. The van der Waals surface area contributed by atoms with Gasteiger partial charge < -0.3 is 5.32 Å². The number of nitrogens with one attached hydrogen (secondary N) is 1. The zero-order valence-electron chi connectivity index (χ0n) is 7.15. The molecule has 0 amide bonds. The first-order valence-electron chi connectivity index (χ1n) is 4.00. The normalized spacial score (nSPS) is 16.8. The highest BCUT2D eigenvalue weighted by molar-refractivity contribution is 4.60. The Kier molecular flexibility index (Phi) is 5.60. The minimum atomic E-state index is -0.267. The molecule has 10 heavy (non-hydrogen) atoms. The molecular weight excluding hydrogens is 129 g/mol. The molecule has 0 aromatic heterocycles. The van der Waals surface area contributed by atoms with Crippen LogP contribution in [0.4, 0.5) is 4.39 Å². The molecule has 2 heteroatoms. The van der Waals surface area contributed by atoms with E-state index >= 15 is 0 Å². The molecule has 0 aliphatic carbocycles. The van der Waals surface area contributed by atoms with Crippen LogP contribution in [0.3, 0.4) is 0 Å². The fourth-order valence-electron chi connectivity index (χ4n) is 0.601. The van der Waals surface area contributed by atoms with Crippen molar-refractivity contribution in [2.45, 2.75) is 33.2 Å². The van der Waals surface area contributed by atoms with E-state index in [-0.39, 0.29) is 12.7 Å². The summed E-state index contributed by atoms with van der Waals surface area (Å²) >= 11 is 0. The van der Waals surface area contributed by atoms with Crippen molar-refractivity contribution >= 4 is 0 Å². The highest BCUT2D eigenvalue weighted by atomic mass is 19.1. The van der Waals surface area contributed by atoms with Gasteiger partial charge in [-0.25, -0.2) is 4.39 Å². The SMILES string of the molecule is CCC(C)CNC(C)CF. The van der Waals surface area contributed by atoms with Gasteiger partial charge in [-0.2, -0.15) is 0 Å². The summed E-state index contributed by atoms with van der Waals surface area (Å²) in [5.41, 5.74) is 0. The van der Waals surface area contributed by atoms with Gasteiger partial charge in [0.1, 0.15) is 6.67 Å². The number of alkyl halides is 1. The van der Waals surface area contributed by atoms with Crippen molar-refractivity contribution in [1.29, 1.82) is 0 Å². The number of halogens is 1. The first kappa shape index (κ1) is 9.89. The molecule has 0 rings (SSSR count). The summed E-state index contributed by atoms with van der Waals surface area (Å²) in [6, 6.07) is 0.0222. The van der Waals surface area contributed by atoms with Crippen molar-refractivity contribution in [2.75, 3.05) is 13.2 Å². The summed E-state index contributed by atoms with van der Waals surface area (Å²) < 4.78 is 11.9. The van der Waals surface area contributed by atoms with E-state index in [1.807, 2.05) is 6.92 Å². The van der Waals surface area contributed by atoms with E-state index in [1.54, 1.807) is 0 Å². The van der Waals surface area contributed by atoms with Gasteiger partial charge in [0, 0.05) is 6.04 Å². The van der Waals surface area contributed by atoms with Gasteiger partial charge >= 0.3 is 0 Å². The predicted octanol–water partition coefficient (Wildman–Crippen LogP) is 1.98. The Bertz CT molecular complexity index is 65.7. The lowest BCUT2D eigenvalue weighted by Crippen LogP contribution is -2.31. The lowest BCUT2D eigenvalue weighted by atomic mass is 10.1. The zero-order valence-corrected chi connectivity index (χ0v) is 7.15. The third-order valence-electron chi connectivity index (χ3n) is 1.74. The van der Waals surface area contributed by atoms with E-state index in [4.69, 9.17) is 0 Å². The Labute approximate surface area is 63.0 Å². The maximum Gasteiger partial charge on any atom is 0.104 e. The third kappa shape index (κ3) is 4.74. The molecule has 1 N–H and O–H groups in total. The molecule has 0 aromatic carbocycles. The zero-order chi connectivity index (χ0) is 7.98. The van der Waals surface area contributed by atoms with Crippen molar-refractivity contribution in [3.63, 3.8) is 0 Å². The van der Waals surface area contributed by atoms with Crippen LogP contribution in [0.15, 0.2) is 0 Å². The van der Waals surface area contributed by atoms with Gasteiger partial charge in [0.25, 0.3) is 0 Å². The topological polar surface area (TPSA) is 12.0 Å². The van der Waals surface area contributed by atoms with Crippen LogP contribution in [0.1, 0.15) is 27.2 Å². The summed E-state index contributed by atoms with van der Waals surface area (Å²) in [7, 11) is 0. The van der Waals surface area contributed by atoms with Gasteiger partial charge in [0.15, 0.2) is 0 Å². The van der Waals surface area contributed by atoms with Gasteiger partial charge in [0.2, 0.25) is 0 Å². The molecule has 0 radical (unpaired) electrons. The van der Waals surface area contributed by atoms with E-state index < -0.39 is 0 Å². The fourth-order valence-corrected chi connectivity index (χ4v) is 0.601. The van der Waals surface area contributed by atoms with E-state index in [2.05, 4.69) is 19.2 Å². The second kappa shape index (κ2) is 5.66. The lowest BCUT2D eigenvalue weighted by molar-refractivity contribution is 0.369. The molecule has 1 nitrogen and oxygen atoms in total. The fraction of sp³-hybridized carbons (Fsp3) is 1.00. The molecule has 2 atom stereocenters. The molecule has 0 aliphatic heterocycles. The van der Waals surface area contributed by atoms with Crippen LogP contribution in [0.25, 0.3) is 0 Å². The van der Waals surface area contributed by atoms with Gasteiger partial charge in [-0.1, -0.05) is 20.3 Å². The Hall–Kier alpha value is -0.110. The molecule has 0 spiro atoms. The van der Waals surface area contributed by atoms with Gasteiger partial charge in [0.05, 0.1) is 0 Å². The maximum atomic E-state index is 11.9. The van der Waals surface area contributed by atoms with Crippen LogP contribution < -0.4 is 5.32 Å².